The maximum Gasteiger partial charge on any atom is 0.416 e. The SMILES string of the molecule is CC(C)(C)C(CCO)c1cccc(C(F)(F)F)c1. The lowest BCUT2D eigenvalue weighted by Crippen LogP contribution is -2.20. The summed E-state index contributed by atoms with van der Waals surface area (Å²) in [4.78, 5) is 0. The van der Waals surface area contributed by atoms with Crippen LogP contribution in [-0.2, 0) is 6.18 Å². The number of alkyl halides is 3. The summed E-state index contributed by atoms with van der Waals surface area (Å²) >= 11 is 0. The molecule has 0 aliphatic carbocycles. The van der Waals surface area contributed by atoms with E-state index in [0.717, 1.165) is 6.07 Å². The fourth-order valence-electron chi connectivity index (χ4n) is 2.16. The van der Waals surface area contributed by atoms with Gasteiger partial charge in [-0.25, -0.2) is 0 Å². The maximum atomic E-state index is 12.7. The molecule has 0 amide bonds. The number of benzene rings is 1. The van der Waals surface area contributed by atoms with Crippen molar-refractivity contribution < 1.29 is 18.3 Å². The van der Waals surface area contributed by atoms with Gasteiger partial charge in [-0.2, -0.15) is 13.2 Å². The zero-order valence-corrected chi connectivity index (χ0v) is 10.9. The van der Waals surface area contributed by atoms with Gasteiger partial charge < -0.3 is 5.11 Å². The molecule has 1 atom stereocenters. The van der Waals surface area contributed by atoms with Gasteiger partial charge in [0, 0.05) is 6.61 Å². The van der Waals surface area contributed by atoms with Crippen molar-refractivity contribution in [1.82, 2.24) is 0 Å². The standard InChI is InChI=1S/C14H19F3O/c1-13(2,3)12(7-8-18)10-5-4-6-11(9-10)14(15,16)17/h4-6,9,12,18H,7-8H2,1-3H3. The Hall–Kier alpha value is -1.03. The average molecular weight is 260 g/mol. The number of hydrogen-bond acceptors (Lipinski definition) is 1. The lowest BCUT2D eigenvalue weighted by atomic mass is 9.74. The molecule has 102 valence electrons. The largest absolute Gasteiger partial charge is 0.416 e. The minimum atomic E-state index is -4.32. The molecule has 0 bridgehead atoms. The highest BCUT2D eigenvalue weighted by molar-refractivity contribution is 5.29. The first-order chi connectivity index (χ1) is 8.16. The Labute approximate surface area is 106 Å². The molecule has 0 spiro atoms. The topological polar surface area (TPSA) is 20.2 Å². The second-order valence-electron chi connectivity index (χ2n) is 5.55. The van der Waals surface area contributed by atoms with Crippen LogP contribution in [0.2, 0.25) is 0 Å². The van der Waals surface area contributed by atoms with Gasteiger partial charge in [-0.15, -0.1) is 0 Å². The van der Waals surface area contributed by atoms with Gasteiger partial charge in [0.05, 0.1) is 5.56 Å². The summed E-state index contributed by atoms with van der Waals surface area (Å²) in [5.74, 6) is -0.0928. The van der Waals surface area contributed by atoms with E-state index in [9.17, 15) is 13.2 Å². The van der Waals surface area contributed by atoms with Crippen LogP contribution in [0.4, 0.5) is 13.2 Å². The Balaban J connectivity index is 3.14. The van der Waals surface area contributed by atoms with Crippen LogP contribution < -0.4 is 0 Å². The van der Waals surface area contributed by atoms with Gasteiger partial charge in [-0.1, -0.05) is 39.0 Å². The summed E-state index contributed by atoms with van der Waals surface area (Å²) in [5, 5.41) is 9.07. The first-order valence-electron chi connectivity index (χ1n) is 5.94. The predicted molar refractivity (Wildman–Crippen MR) is 65.3 cm³/mol. The highest BCUT2D eigenvalue weighted by Gasteiger charge is 2.32. The van der Waals surface area contributed by atoms with E-state index in [-0.39, 0.29) is 17.9 Å². The number of aliphatic hydroxyl groups is 1. The first-order valence-corrected chi connectivity index (χ1v) is 5.94. The van der Waals surface area contributed by atoms with Crippen LogP contribution in [0.3, 0.4) is 0 Å². The molecule has 0 aliphatic rings. The molecule has 0 aromatic heterocycles. The number of halogens is 3. The zero-order valence-electron chi connectivity index (χ0n) is 10.9. The second kappa shape index (κ2) is 5.31. The highest BCUT2D eigenvalue weighted by atomic mass is 19.4. The molecule has 0 fully saturated rings. The quantitative estimate of drug-likeness (QED) is 0.862. The van der Waals surface area contributed by atoms with E-state index in [1.807, 2.05) is 20.8 Å². The van der Waals surface area contributed by atoms with Crippen LogP contribution in [0.15, 0.2) is 24.3 Å². The molecule has 0 saturated carbocycles. The maximum absolute atomic E-state index is 12.7. The molecule has 1 N–H and O–H groups in total. The van der Waals surface area contributed by atoms with Crippen molar-refractivity contribution in [2.45, 2.75) is 39.3 Å². The molecule has 4 heteroatoms. The minimum absolute atomic E-state index is 0.0296. The van der Waals surface area contributed by atoms with E-state index in [1.165, 1.54) is 12.1 Å². The monoisotopic (exact) mass is 260 g/mol. The van der Waals surface area contributed by atoms with E-state index in [1.54, 1.807) is 6.07 Å². The predicted octanol–water partition coefficient (Wildman–Crippen LogP) is 4.22. The molecular formula is C14H19F3O. The molecule has 18 heavy (non-hydrogen) atoms. The lowest BCUT2D eigenvalue weighted by Gasteiger charge is -2.31. The van der Waals surface area contributed by atoms with Gasteiger partial charge >= 0.3 is 6.18 Å². The molecule has 0 heterocycles. The van der Waals surface area contributed by atoms with Crippen LogP contribution in [0.5, 0.6) is 0 Å². The molecule has 0 saturated heterocycles. The second-order valence-corrected chi connectivity index (χ2v) is 5.55. The fraction of sp³-hybridized carbons (Fsp3) is 0.571. The Morgan fingerprint density at radius 2 is 1.78 bits per heavy atom. The number of aliphatic hydroxyl groups excluding tert-OH is 1. The van der Waals surface area contributed by atoms with Gasteiger partial charge in [0.25, 0.3) is 0 Å². The molecule has 0 aliphatic heterocycles. The van der Waals surface area contributed by atoms with Gasteiger partial charge in [0.2, 0.25) is 0 Å². The van der Waals surface area contributed by atoms with Crippen LogP contribution in [0, 0.1) is 5.41 Å². The molecule has 1 unspecified atom stereocenters. The van der Waals surface area contributed by atoms with Crippen LogP contribution in [-0.4, -0.2) is 11.7 Å². The third-order valence-corrected chi connectivity index (χ3v) is 3.08. The third-order valence-electron chi connectivity index (χ3n) is 3.08. The summed E-state index contributed by atoms with van der Waals surface area (Å²) in [6.45, 7) is 5.87. The molecular weight excluding hydrogens is 241 g/mol. The number of rotatable bonds is 3. The average Bonchev–Trinajstić information content (AvgIpc) is 2.23. The number of hydrogen-bond donors (Lipinski definition) is 1. The van der Waals surface area contributed by atoms with Gasteiger partial charge in [0.15, 0.2) is 0 Å². The van der Waals surface area contributed by atoms with Crippen LogP contribution in [0.25, 0.3) is 0 Å². The summed E-state index contributed by atoms with van der Waals surface area (Å²) in [6, 6.07) is 5.38. The normalized spacial score (nSPS) is 14.6. The van der Waals surface area contributed by atoms with Gasteiger partial charge in [-0.05, 0) is 29.4 Å². The fourth-order valence-corrected chi connectivity index (χ4v) is 2.16. The summed E-state index contributed by atoms with van der Waals surface area (Å²) in [6.07, 6.45) is -3.86. The Morgan fingerprint density at radius 1 is 1.17 bits per heavy atom. The Morgan fingerprint density at radius 3 is 2.22 bits per heavy atom. The van der Waals surface area contributed by atoms with E-state index in [2.05, 4.69) is 0 Å². The highest BCUT2D eigenvalue weighted by Crippen LogP contribution is 2.39. The molecule has 1 nitrogen and oxygen atoms in total. The van der Waals surface area contributed by atoms with E-state index in [0.29, 0.717) is 12.0 Å². The van der Waals surface area contributed by atoms with Gasteiger partial charge in [0.1, 0.15) is 0 Å². The molecule has 0 radical (unpaired) electrons. The Bertz CT molecular complexity index is 391. The smallest absolute Gasteiger partial charge is 0.396 e. The lowest BCUT2D eigenvalue weighted by molar-refractivity contribution is -0.137. The zero-order chi connectivity index (χ0) is 14.0. The van der Waals surface area contributed by atoms with Crippen molar-refractivity contribution in [3.8, 4) is 0 Å². The van der Waals surface area contributed by atoms with Crippen LogP contribution >= 0.6 is 0 Å². The molecule has 1 aromatic carbocycles. The van der Waals surface area contributed by atoms with Crippen LogP contribution in [0.1, 0.15) is 44.2 Å². The summed E-state index contributed by atoms with van der Waals surface area (Å²) in [5.41, 5.74) is -0.189. The van der Waals surface area contributed by atoms with Crippen molar-refractivity contribution in [3.63, 3.8) is 0 Å². The van der Waals surface area contributed by atoms with Crippen molar-refractivity contribution in [2.75, 3.05) is 6.61 Å². The van der Waals surface area contributed by atoms with E-state index in [4.69, 9.17) is 5.11 Å². The van der Waals surface area contributed by atoms with E-state index < -0.39 is 11.7 Å². The Kier molecular flexibility index (Phi) is 4.43. The van der Waals surface area contributed by atoms with Crippen molar-refractivity contribution in [3.05, 3.63) is 35.4 Å². The van der Waals surface area contributed by atoms with Crippen molar-refractivity contribution in [1.29, 1.82) is 0 Å². The minimum Gasteiger partial charge on any atom is -0.396 e. The molecule has 1 rings (SSSR count). The third kappa shape index (κ3) is 3.73. The summed E-state index contributed by atoms with van der Waals surface area (Å²) in [7, 11) is 0. The molecule has 1 aromatic rings. The first kappa shape index (κ1) is 15.0. The van der Waals surface area contributed by atoms with E-state index >= 15 is 0 Å². The van der Waals surface area contributed by atoms with Crippen molar-refractivity contribution >= 4 is 0 Å². The summed E-state index contributed by atoms with van der Waals surface area (Å²) < 4.78 is 38.0. The van der Waals surface area contributed by atoms with Gasteiger partial charge in [-0.3, -0.25) is 0 Å². The van der Waals surface area contributed by atoms with Crippen molar-refractivity contribution in [2.24, 2.45) is 5.41 Å².